The first-order valence-corrected chi connectivity index (χ1v) is 11.0. The second kappa shape index (κ2) is 13.9. The van der Waals surface area contributed by atoms with E-state index in [0.29, 0.717) is 19.1 Å². The first kappa shape index (κ1) is 25.8. The predicted octanol–water partition coefficient (Wildman–Crippen LogP) is 4.46. The number of benzene rings is 2. The molecule has 3 rings (SSSR count). The topological polar surface area (TPSA) is 58.1 Å². The quantitative estimate of drug-likeness (QED) is 0.198. The van der Waals surface area contributed by atoms with E-state index in [1.807, 2.05) is 30.3 Å². The van der Waals surface area contributed by atoms with E-state index >= 15 is 0 Å². The van der Waals surface area contributed by atoms with Crippen LogP contribution in [0.2, 0.25) is 0 Å². The second-order valence-corrected chi connectivity index (χ2v) is 7.59. The summed E-state index contributed by atoms with van der Waals surface area (Å²) in [4.78, 5) is 7.19. The fourth-order valence-electron chi connectivity index (χ4n) is 3.71. The first-order valence-electron chi connectivity index (χ1n) is 11.0. The highest BCUT2D eigenvalue weighted by Gasteiger charge is 2.23. The number of rotatable bonds is 10. The van der Waals surface area contributed by atoms with Crippen molar-refractivity contribution in [3.63, 3.8) is 0 Å². The molecule has 2 aromatic carbocycles. The number of anilines is 1. The SMILES string of the molecule is C=CCOc1ccccc1CN=C(NCC)NCC1CCN(c2cccc(OC)c2)C1.I. The smallest absolute Gasteiger partial charge is 0.191 e. The lowest BCUT2D eigenvalue weighted by molar-refractivity contribution is 0.359. The maximum absolute atomic E-state index is 5.75. The molecule has 0 amide bonds. The summed E-state index contributed by atoms with van der Waals surface area (Å²) in [6, 6.07) is 16.3. The van der Waals surface area contributed by atoms with Crippen LogP contribution >= 0.6 is 24.0 Å². The average molecular weight is 550 g/mol. The van der Waals surface area contributed by atoms with Gasteiger partial charge < -0.3 is 25.0 Å². The lowest BCUT2D eigenvalue weighted by Crippen LogP contribution is -2.40. The van der Waals surface area contributed by atoms with Crippen LogP contribution in [0.25, 0.3) is 0 Å². The van der Waals surface area contributed by atoms with Gasteiger partial charge in [0, 0.05) is 43.5 Å². The van der Waals surface area contributed by atoms with Crippen LogP contribution in [-0.2, 0) is 6.54 Å². The van der Waals surface area contributed by atoms with Crippen molar-refractivity contribution in [3.05, 3.63) is 66.7 Å². The summed E-state index contributed by atoms with van der Waals surface area (Å²) >= 11 is 0. The molecule has 1 aliphatic heterocycles. The van der Waals surface area contributed by atoms with Crippen molar-refractivity contribution in [1.82, 2.24) is 10.6 Å². The molecule has 0 saturated carbocycles. The van der Waals surface area contributed by atoms with E-state index in [-0.39, 0.29) is 24.0 Å². The van der Waals surface area contributed by atoms with E-state index in [1.165, 1.54) is 5.69 Å². The van der Waals surface area contributed by atoms with Crippen LogP contribution < -0.4 is 25.0 Å². The Morgan fingerprint density at radius 3 is 2.84 bits per heavy atom. The number of nitrogens with zero attached hydrogens (tertiary/aromatic N) is 2. The van der Waals surface area contributed by atoms with Crippen LogP contribution in [0.1, 0.15) is 18.9 Å². The van der Waals surface area contributed by atoms with Gasteiger partial charge in [0.25, 0.3) is 0 Å². The van der Waals surface area contributed by atoms with Gasteiger partial charge in [-0.2, -0.15) is 0 Å². The Morgan fingerprint density at radius 2 is 2.06 bits per heavy atom. The molecule has 1 atom stereocenters. The van der Waals surface area contributed by atoms with Gasteiger partial charge in [-0.05, 0) is 37.5 Å². The molecule has 0 bridgehead atoms. The first-order chi connectivity index (χ1) is 15.2. The van der Waals surface area contributed by atoms with Gasteiger partial charge in [0.1, 0.15) is 18.1 Å². The largest absolute Gasteiger partial charge is 0.497 e. The lowest BCUT2D eigenvalue weighted by atomic mass is 10.1. The average Bonchev–Trinajstić information content (AvgIpc) is 3.29. The van der Waals surface area contributed by atoms with Gasteiger partial charge in [0.15, 0.2) is 5.96 Å². The maximum Gasteiger partial charge on any atom is 0.191 e. The fraction of sp³-hybridized carbons (Fsp3) is 0.400. The van der Waals surface area contributed by atoms with Crippen molar-refractivity contribution in [1.29, 1.82) is 0 Å². The fourth-order valence-corrected chi connectivity index (χ4v) is 3.71. The molecule has 1 heterocycles. The standard InChI is InChI=1S/C25H34N4O2.HI/c1-4-15-31-24-12-7-6-9-21(24)18-28-25(26-5-2)27-17-20-13-14-29(19-20)22-10-8-11-23(16-22)30-3;/h4,6-12,16,20H,1,5,13-15,17-19H2,2-3H3,(H2,26,27,28);1H. The molecule has 7 heteroatoms. The number of nitrogens with one attached hydrogen (secondary N) is 2. The van der Waals surface area contributed by atoms with E-state index in [9.17, 15) is 0 Å². The minimum atomic E-state index is 0. The minimum absolute atomic E-state index is 0. The monoisotopic (exact) mass is 550 g/mol. The number of aliphatic imine (C=N–C) groups is 1. The zero-order valence-electron chi connectivity index (χ0n) is 19.0. The number of guanidine groups is 1. The molecule has 6 nitrogen and oxygen atoms in total. The van der Waals surface area contributed by atoms with E-state index in [4.69, 9.17) is 14.5 Å². The third-order valence-electron chi connectivity index (χ3n) is 5.34. The van der Waals surface area contributed by atoms with Crippen molar-refractivity contribution in [3.8, 4) is 11.5 Å². The zero-order chi connectivity index (χ0) is 21.9. The van der Waals surface area contributed by atoms with Crippen LogP contribution in [0, 0.1) is 5.92 Å². The molecule has 2 N–H and O–H groups in total. The summed E-state index contributed by atoms with van der Waals surface area (Å²) in [6.45, 7) is 10.6. The summed E-state index contributed by atoms with van der Waals surface area (Å²) in [7, 11) is 1.71. The summed E-state index contributed by atoms with van der Waals surface area (Å²) < 4.78 is 11.1. The Hall–Kier alpha value is -2.42. The third-order valence-corrected chi connectivity index (χ3v) is 5.34. The van der Waals surface area contributed by atoms with Gasteiger partial charge in [-0.1, -0.05) is 36.9 Å². The van der Waals surface area contributed by atoms with Gasteiger partial charge in [-0.3, -0.25) is 0 Å². The third kappa shape index (κ3) is 7.62. The van der Waals surface area contributed by atoms with Crippen LogP contribution in [0.4, 0.5) is 5.69 Å². The number of ether oxygens (including phenoxy) is 2. The Kier molecular flexibility index (Phi) is 11.2. The molecule has 1 saturated heterocycles. The van der Waals surface area contributed by atoms with Crippen molar-refractivity contribution in [2.24, 2.45) is 10.9 Å². The number of para-hydroxylation sites is 1. The van der Waals surface area contributed by atoms with Gasteiger partial charge in [-0.15, -0.1) is 24.0 Å². The van der Waals surface area contributed by atoms with Gasteiger partial charge in [0.05, 0.1) is 13.7 Å². The summed E-state index contributed by atoms with van der Waals surface area (Å²) in [5.41, 5.74) is 2.28. The molecule has 2 aromatic rings. The number of methoxy groups -OCH3 is 1. The van der Waals surface area contributed by atoms with Gasteiger partial charge in [-0.25, -0.2) is 4.99 Å². The molecule has 1 aliphatic rings. The van der Waals surface area contributed by atoms with Crippen molar-refractivity contribution in [2.75, 3.05) is 44.8 Å². The highest BCUT2D eigenvalue weighted by atomic mass is 127. The second-order valence-electron chi connectivity index (χ2n) is 7.59. The van der Waals surface area contributed by atoms with Crippen LogP contribution in [0.5, 0.6) is 11.5 Å². The molecule has 0 spiro atoms. The molecule has 0 aliphatic carbocycles. The molecule has 0 aromatic heterocycles. The normalized spacial score (nSPS) is 15.6. The Balaban J connectivity index is 0.00000363. The molecule has 0 radical (unpaired) electrons. The zero-order valence-corrected chi connectivity index (χ0v) is 21.4. The number of hydrogen-bond acceptors (Lipinski definition) is 4. The van der Waals surface area contributed by atoms with Crippen LogP contribution in [0.3, 0.4) is 0 Å². The lowest BCUT2D eigenvalue weighted by Gasteiger charge is -2.20. The molecule has 32 heavy (non-hydrogen) atoms. The van der Waals surface area contributed by atoms with Crippen molar-refractivity contribution in [2.45, 2.75) is 19.9 Å². The van der Waals surface area contributed by atoms with E-state index in [2.05, 4.69) is 47.2 Å². The number of halogens is 1. The highest BCUT2D eigenvalue weighted by molar-refractivity contribution is 14.0. The predicted molar refractivity (Wildman–Crippen MR) is 144 cm³/mol. The van der Waals surface area contributed by atoms with Crippen molar-refractivity contribution >= 4 is 35.6 Å². The van der Waals surface area contributed by atoms with E-state index in [1.54, 1.807) is 13.2 Å². The summed E-state index contributed by atoms with van der Waals surface area (Å²) in [5.74, 6) is 3.16. The molecular weight excluding hydrogens is 515 g/mol. The van der Waals surface area contributed by atoms with Crippen molar-refractivity contribution < 1.29 is 9.47 Å². The molecular formula is C25H35IN4O2. The maximum atomic E-state index is 5.75. The summed E-state index contributed by atoms with van der Waals surface area (Å²) in [5, 5.41) is 6.87. The number of hydrogen-bond donors (Lipinski definition) is 2. The summed E-state index contributed by atoms with van der Waals surface area (Å²) in [6.07, 6.45) is 2.91. The minimum Gasteiger partial charge on any atom is -0.497 e. The van der Waals surface area contributed by atoms with Gasteiger partial charge in [0.2, 0.25) is 0 Å². The molecule has 174 valence electrons. The van der Waals surface area contributed by atoms with Crippen LogP contribution in [-0.4, -0.2) is 45.9 Å². The van der Waals surface area contributed by atoms with E-state index < -0.39 is 0 Å². The van der Waals surface area contributed by atoms with Gasteiger partial charge >= 0.3 is 0 Å². The van der Waals surface area contributed by atoms with E-state index in [0.717, 1.165) is 55.6 Å². The molecule has 1 unspecified atom stereocenters. The highest BCUT2D eigenvalue weighted by Crippen LogP contribution is 2.26. The Bertz CT molecular complexity index is 875. The Labute approximate surface area is 209 Å². The van der Waals surface area contributed by atoms with Crippen LogP contribution in [0.15, 0.2) is 66.2 Å². The Morgan fingerprint density at radius 1 is 1.22 bits per heavy atom. The molecule has 1 fully saturated rings.